The summed E-state index contributed by atoms with van der Waals surface area (Å²) >= 11 is 0. The van der Waals surface area contributed by atoms with Gasteiger partial charge in [-0.25, -0.2) is 0 Å². The number of carbonyl (C=O) groups is 2. The zero-order chi connectivity index (χ0) is 17.0. The number of likely N-dealkylation sites (tertiary alicyclic amines) is 1. The molecule has 0 aromatic heterocycles. The predicted molar refractivity (Wildman–Crippen MR) is 90.4 cm³/mol. The zero-order valence-corrected chi connectivity index (χ0v) is 14.1. The highest BCUT2D eigenvalue weighted by Gasteiger charge is 2.26. The van der Waals surface area contributed by atoms with Gasteiger partial charge in [0.15, 0.2) is 0 Å². The van der Waals surface area contributed by atoms with E-state index in [4.69, 9.17) is 0 Å². The van der Waals surface area contributed by atoms with E-state index < -0.39 is 0 Å². The first kappa shape index (κ1) is 17.5. The Morgan fingerprint density at radius 3 is 2.70 bits per heavy atom. The van der Waals surface area contributed by atoms with Crippen LogP contribution in [0, 0.1) is 18.8 Å². The first-order chi connectivity index (χ1) is 10.9. The zero-order valence-electron chi connectivity index (χ0n) is 14.1. The smallest absolute Gasteiger partial charge is 0.253 e. The van der Waals surface area contributed by atoms with Crippen LogP contribution in [0.25, 0.3) is 0 Å². The molecule has 5 heteroatoms. The van der Waals surface area contributed by atoms with Gasteiger partial charge in [-0.3, -0.25) is 9.59 Å². The van der Waals surface area contributed by atoms with Crippen molar-refractivity contribution in [3.63, 3.8) is 0 Å². The molecule has 23 heavy (non-hydrogen) atoms. The predicted octanol–water partition coefficient (Wildman–Crippen LogP) is 2.43. The van der Waals surface area contributed by atoms with E-state index >= 15 is 0 Å². The first-order valence-corrected chi connectivity index (χ1v) is 8.21. The molecular weight excluding hydrogens is 292 g/mol. The molecule has 1 aromatic rings. The van der Waals surface area contributed by atoms with E-state index in [2.05, 4.69) is 5.32 Å². The number of nitrogens with zero attached hydrogens (tertiary/aromatic N) is 1. The van der Waals surface area contributed by atoms with Crippen LogP contribution in [0.1, 0.15) is 42.6 Å². The molecule has 1 heterocycles. The topological polar surface area (TPSA) is 69.6 Å². The Bertz CT molecular complexity index is 584. The summed E-state index contributed by atoms with van der Waals surface area (Å²) in [7, 11) is 0. The van der Waals surface area contributed by atoms with E-state index in [1.807, 2.05) is 26.8 Å². The van der Waals surface area contributed by atoms with E-state index in [1.54, 1.807) is 17.0 Å². The third-order valence-electron chi connectivity index (χ3n) is 4.17. The number of aliphatic hydroxyl groups is 1. The molecule has 126 valence electrons. The van der Waals surface area contributed by atoms with Gasteiger partial charge in [-0.1, -0.05) is 13.8 Å². The molecule has 1 saturated heterocycles. The molecule has 0 aliphatic carbocycles. The van der Waals surface area contributed by atoms with Crippen LogP contribution < -0.4 is 5.32 Å². The van der Waals surface area contributed by atoms with Gasteiger partial charge in [-0.05, 0) is 43.0 Å². The van der Waals surface area contributed by atoms with Crippen molar-refractivity contribution >= 4 is 17.5 Å². The van der Waals surface area contributed by atoms with Crippen LogP contribution >= 0.6 is 0 Å². The van der Waals surface area contributed by atoms with Crippen molar-refractivity contribution in [1.29, 1.82) is 0 Å². The third kappa shape index (κ3) is 4.55. The summed E-state index contributed by atoms with van der Waals surface area (Å²) in [6.45, 7) is 7.33. The summed E-state index contributed by atoms with van der Waals surface area (Å²) in [6, 6.07) is 5.37. The van der Waals surface area contributed by atoms with Crippen molar-refractivity contribution in [2.45, 2.75) is 33.6 Å². The number of rotatable bonds is 5. The Morgan fingerprint density at radius 1 is 1.39 bits per heavy atom. The molecule has 1 aromatic carbocycles. The monoisotopic (exact) mass is 318 g/mol. The fourth-order valence-corrected chi connectivity index (χ4v) is 2.86. The highest BCUT2D eigenvalue weighted by atomic mass is 16.3. The molecule has 2 N–H and O–H groups in total. The fourth-order valence-electron chi connectivity index (χ4n) is 2.86. The van der Waals surface area contributed by atoms with Crippen LogP contribution in [0.15, 0.2) is 18.2 Å². The summed E-state index contributed by atoms with van der Waals surface area (Å²) in [4.78, 5) is 26.1. The first-order valence-electron chi connectivity index (χ1n) is 8.21. The summed E-state index contributed by atoms with van der Waals surface area (Å²) in [5.41, 5.74) is 2.26. The fraction of sp³-hybridized carbons (Fsp3) is 0.556. The second kappa shape index (κ2) is 7.59. The molecular formula is C18H26N2O3. The SMILES string of the molecule is Cc1cc(C(=O)N2CCC(CO)C2)ccc1NC(=O)CC(C)C. The van der Waals surface area contributed by atoms with Crippen LogP contribution in [0.2, 0.25) is 0 Å². The molecule has 2 amide bonds. The van der Waals surface area contributed by atoms with Crippen molar-refractivity contribution < 1.29 is 14.7 Å². The lowest BCUT2D eigenvalue weighted by Crippen LogP contribution is -2.29. The Labute approximate surface area is 137 Å². The van der Waals surface area contributed by atoms with Gasteiger partial charge in [-0.2, -0.15) is 0 Å². The quantitative estimate of drug-likeness (QED) is 0.876. The van der Waals surface area contributed by atoms with E-state index in [0.717, 1.165) is 17.7 Å². The minimum absolute atomic E-state index is 0.00694. The maximum Gasteiger partial charge on any atom is 0.253 e. The number of aryl methyl sites for hydroxylation is 1. The minimum atomic E-state index is -0.0101. The maximum absolute atomic E-state index is 12.5. The van der Waals surface area contributed by atoms with Gasteiger partial charge in [0.1, 0.15) is 0 Å². The minimum Gasteiger partial charge on any atom is -0.396 e. The number of benzene rings is 1. The van der Waals surface area contributed by atoms with E-state index in [0.29, 0.717) is 31.0 Å². The standard InChI is InChI=1S/C18H26N2O3/c1-12(2)8-17(22)19-16-5-4-15(9-13(16)3)18(23)20-7-6-14(10-20)11-21/h4-5,9,12,14,21H,6-8,10-11H2,1-3H3,(H,19,22). The molecule has 0 bridgehead atoms. The molecule has 1 aliphatic heterocycles. The molecule has 0 spiro atoms. The molecule has 1 aliphatic rings. The van der Waals surface area contributed by atoms with Gasteiger partial charge in [-0.15, -0.1) is 0 Å². The average Bonchev–Trinajstić information content (AvgIpc) is 2.96. The van der Waals surface area contributed by atoms with E-state index in [1.165, 1.54) is 0 Å². The van der Waals surface area contributed by atoms with Gasteiger partial charge in [0.25, 0.3) is 5.91 Å². The van der Waals surface area contributed by atoms with Crippen molar-refractivity contribution in [2.24, 2.45) is 11.8 Å². The van der Waals surface area contributed by atoms with Gasteiger partial charge < -0.3 is 15.3 Å². The molecule has 0 radical (unpaired) electrons. The second-order valence-electron chi connectivity index (χ2n) is 6.76. The molecule has 0 saturated carbocycles. The van der Waals surface area contributed by atoms with Crippen LogP contribution in [0.4, 0.5) is 5.69 Å². The van der Waals surface area contributed by atoms with Gasteiger partial charge in [0.2, 0.25) is 5.91 Å². The lowest BCUT2D eigenvalue weighted by molar-refractivity contribution is -0.116. The highest BCUT2D eigenvalue weighted by molar-refractivity contribution is 5.96. The summed E-state index contributed by atoms with van der Waals surface area (Å²) in [6.07, 6.45) is 1.33. The lowest BCUT2D eigenvalue weighted by Gasteiger charge is -2.17. The Hall–Kier alpha value is -1.88. The van der Waals surface area contributed by atoms with Crippen LogP contribution in [0.3, 0.4) is 0 Å². The van der Waals surface area contributed by atoms with Crippen LogP contribution in [-0.2, 0) is 4.79 Å². The molecule has 2 rings (SSSR count). The summed E-state index contributed by atoms with van der Waals surface area (Å²) in [5.74, 6) is 0.483. The van der Waals surface area contributed by atoms with E-state index in [9.17, 15) is 14.7 Å². The number of amides is 2. The van der Waals surface area contributed by atoms with E-state index in [-0.39, 0.29) is 24.3 Å². The second-order valence-corrected chi connectivity index (χ2v) is 6.76. The number of aliphatic hydroxyl groups excluding tert-OH is 1. The molecule has 1 fully saturated rings. The van der Waals surface area contributed by atoms with Gasteiger partial charge >= 0.3 is 0 Å². The largest absolute Gasteiger partial charge is 0.396 e. The van der Waals surface area contributed by atoms with Crippen molar-refractivity contribution in [2.75, 3.05) is 25.0 Å². The van der Waals surface area contributed by atoms with Crippen LogP contribution in [-0.4, -0.2) is 41.5 Å². The average molecular weight is 318 g/mol. The molecule has 5 nitrogen and oxygen atoms in total. The number of nitrogens with one attached hydrogen (secondary N) is 1. The Balaban J connectivity index is 2.04. The normalized spacial score (nSPS) is 17.6. The molecule has 1 atom stereocenters. The Kier molecular flexibility index (Phi) is 5.77. The van der Waals surface area contributed by atoms with Crippen molar-refractivity contribution in [3.05, 3.63) is 29.3 Å². The lowest BCUT2D eigenvalue weighted by atomic mass is 10.1. The number of anilines is 1. The maximum atomic E-state index is 12.5. The van der Waals surface area contributed by atoms with Gasteiger partial charge in [0.05, 0.1) is 0 Å². The third-order valence-corrected chi connectivity index (χ3v) is 4.17. The number of hydrogen-bond acceptors (Lipinski definition) is 3. The van der Waals surface area contributed by atoms with Crippen LogP contribution in [0.5, 0.6) is 0 Å². The number of carbonyl (C=O) groups excluding carboxylic acids is 2. The Morgan fingerprint density at radius 2 is 2.13 bits per heavy atom. The highest BCUT2D eigenvalue weighted by Crippen LogP contribution is 2.22. The summed E-state index contributed by atoms with van der Waals surface area (Å²) < 4.78 is 0. The summed E-state index contributed by atoms with van der Waals surface area (Å²) in [5, 5.41) is 12.1. The van der Waals surface area contributed by atoms with Crippen molar-refractivity contribution in [3.8, 4) is 0 Å². The van der Waals surface area contributed by atoms with Gasteiger partial charge in [0, 0.05) is 43.3 Å². The van der Waals surface area contributed by atoms with Crippen molar-refractivity contribution in [1.82, 2.24) is 4.90 Å². The molecule has 1 unspecified atom stereocenters. The number of hydrogen-bond donors (Lipinski definition) is 2.